The molecule has 0 atom stereocenters. The van der Waals surface area contributed by atoms with Gasteiger partial charge < -0.3 is 10.6 Å². The van der Waals surface area contributed by atoms with E-state index in [-0.39, 0.29) is 55.9 Å². The maximum absolute atomic E-state index is 11.8. The van der Waals surface area contributed by atoms with Crippen LogP contribution in [0, 0.1) is 0 Å². The van der Waals surface area contributed by atoms with Crippen molar-refractivity contribution in [3.8, 4) is 0 Å². The third kappa shape index (κ3) is 9.73. The van der Waals surface area contributed by atoms with Crippen LogP contribution >= 0.6 is 0 Å². The van der Waals surface area contributed by atoms with Crippen molar-refractivity contribution in [1.29, 1.82) is 0 Å². The smallest absolute Gasteiger partial charge is 0.233 e. The van der Waals surface area contributed by atoms with Crippen molar-refractivity contribution in [3.63, 3.8) is 0 Å². The van der Waals surface area contributed by atoms with Crippen LogP contribution in [0.4, 0.5) is 0 Å². The van der Waals surface area contributed by atoms with Crippen molar-refractivity contribution in [1.82, 2.24) is 15.5 Å². The average Bonchev–Trinajstić information content (AvgIpc) is 2.44. The summed E-state index contributed by atoms with van der Waals surface area (Å²) in [5, 5.41) is 4.91. The molecule has 0 fully saturated rings. The van der Waals surface area contributed by atoms with Crippen molar-refractivity contribution < 1.29 is 19.2 Å². The van der Waals surface area contributed by atoms with Gasteiger partial charge in [0, 0.05) is 33.4 Å². The molecule has 0 saturated carbocycles. The first kappa shape index (κ1) is 19.2. The molecule has 120 valence electrons. The van der Waals surface area contributed by atoms with Crippen molar-refractivity contribution in [2.45, 2.75) is 32.6 Å². The number of hydrogen-bond acceptors (Lipinski definition) is 5. The van der Waals surface area contributed by atoms with Gasteiger partial charge in [-0.3, -0.25) is 24.1 Å². The predicted octanol–water partition coefficient (Wildman–Crippen LogP) is -0.501. The molecule has 0 spiro atoms. The number of nitrogens with zero attached hydrogens (tertiary/aromatic N) is 1. The van der Waals surface area contributed by atoms with Crippen LogP contribution in [0.1, 0.15) is 32.6 Å². The summed E-state index contributed by atoms with van der Waals surface area (Å²) in [7, 11) is 3.01. The van der Waals surface area contributed by atoms with Gasteiger partial charge in [-0.25, -0.2) is 0 Å². The zero-order valence-electron chi connectivity index (χ0n) is 13.0. The molecule has 7 nitrogen and oxygen atoms in total. The van der Waals surface area contributed by atoms with Crippen molar-refractivity contribution in [2.24, 2.45) is 0 Å². The number of hydrogen-bond donors (Lipinski definition) is 2. The third-order valence-electron chi connectivity index (χ3n) is 2.88. The van der Waals surface area contributed by atoms with Crippen molar-refractivity contribution in [2.75, 3.05) is 33.7 Å². The molecule has 0 aliphatic rings. The molecule has 0 aromatic carbocycles. The van der Waals surface area contributed by atoms with Gasteiger partial charge in [0.1, 0.15) is 11.6 Å². The number of carbonyl (C=O) groups excluding carboxylic acids is 4. The van der Waals surface area contributed by atoms with Crippen LogP contribution in [0.3, 0.4) is 0 Å². The van der Waals surface area contributed by atoms with Crippen LogP contribution in [0.25, 0.3) is 0 Å². The zero-order chi connectivity index (χ0) is 16.3. The van der Waals surface area contributed by atoms with E-state index in [9.17, 15) is 19.2 Å². The predicted molar refractivity (Wildman–Crippen MR) is 78.7 cm³/mol. The fourth-order valence-electron chi connectivity index (χ4n) is 1.76. The van der Waals surface area contributed by atoms with Crippen LogP contribution in [0.5, 0.6) is 0 Å². The number of carbonyl (C=O) groups is 4. The minimum atomic E-state index is -0.251. The molecule has 0 bridgehead atoms. The maximum Gasteiger partial charge on any atom is 0.233 e. The van der Waals surface area contributed by atoms with Crippen LogP contribution in [-0.4, -0.2) is 62.0 Å². The van der Waals surface area contributed by atoms with Gasteiger partial charge in [-0.1, -0.05) is 6.92 Å². The molecular weight excluding hydrogens is 274 g/mol. The first-order valence-corrected chi connectivity index (χ1v) is 7.09. The molecule has 0 aromatic heterocycles. The van der Waals surface area contributed by atoms with E-state index < -0.39 is 0 Å². The lowest BCUT2D eigenvalue weighted by Crippen LogP contribution is -2.41. The lowest BCUT2D eigenvalue weighted by molar-refractivity contribution is -0.128. The van der Waals surface area contributed by atoms with Crippen LogP contribution in [0.15, 0.2) is 0 Å². The molecule has 0 rings (SSSR count). The SMILES string of the molecule is CCCC(=O)CN(CC(=O)CCC(=O)NC)CC(=O)NC. The second-order valence-corrected chi connectivity index (χ2v) is 4.82. The Morgan fingerprint density at radius 1 is 0.762 bits per heavy atom. The van der Waals surface area contributed by atoms with Crippen LogP contribution in [-0.2, 0) is 19.2 Å². The highest BCUT2D eigenvalue weighted by molar-refractivity contribution is 5.88. The van der Waals surface area contributed by atoms with E-state index in [4.69, 9.17) is 0 Å². The maximum atomic E-state index is 11.8. The summed E-state index contributed by atoms with van der Waals surface area (Å²) in [5.41, 5.74) is 0. The topological polar surface area (TPSA) is 95.6 Å². The first-order valence-electron chi connectivity index (χ1n) is 7.09. The van der Waals surface area contributed by atoms with E-state index in [1.165, 1.54) is 19.0 Å². The van der Waals surface area contributed by atoms with Crippen molar-refractivity contribution >= 4 is 23.4 Å². The van der Waals surface area contributed by atoms with E-state index in [1.807, 2.05) is 6.92 Å². The van der Waals surface area contributed by atoms with E-state index in [0.717, 1.165) is 6.42 Å². The van der Waals surface area contributed by atoms with Crippen LogP contribution in [0.2, 0.25) is 0 Å². The Morgan fingerprint density at radius 3 is 1.76 bits per heavy atom. The molecular formula is C14H25N3O4. The number of amides is 2. The van der Waals surface area contributed by atoms with Crippen LogP contribution < -0.4 is 10.6 Å². The van der Waals surface area contributed by atoms with Gasteiger partial charge in [-0.05, 0) is 6.42 Å². The number of nitrogens with one attached hydrogen (secondary N) is 2. The monoisotopic (exact) mass is 299 g/mol. The summed E-state index contributed by atoms with van der Waals surface area (Å²) in [4.78, 5) is 47.5. The lowest BCUT2D eigenvalue weighted by Gasteiger charge is -2.19. The molecule has 2 N–H and O–H groups in total. The average molecular weight is 299 g/mol. The largest absolute Gasteiger partial charge is 0.359 e. The number of ketones is 2. The molecule has 2 amide bonds. The Bertz CT molecular complexity index is 382. The Kier molecular flexibility index (Phi) is 10.0. The third-order valence-corrected chi connectivity index (χ3v) is 2.88. The normalized spacial score (nSPS) is 10.3. The van der Waals surface area contributed by atoms with E-state index in [2.05, 4.69) is 10.6 Å². The molecule has 0 radical (unpaired) electrons. The molecule has 0 aromatic rings. The van der Waals surface area contributed by atoms with Gasteiger partial charge in [0.2, 0.25) is 11.8 Å². The highest BCUT2D eigenvalue weighted by atomic mass is 16.2. The van der Waals surface area contributed by atoms with Gasteiger partial charge >= 0.3 is 0 Å². The zero-order valence-corrected chi connectivity index (χ0v) is 13.0. The van der Waals surface area contributed by atoms with Gasteiger partial charge in [0.25, 0.3) is 0 Å². The fraction of sp³-hybridized carbons (Fsp3) is 0.714. The molecule has 21 heavy (non-hydrogen) atoms. The summed E-state index contributed by atoms with van der Waals surface area (Å²) < 4.78 is 0. The molecule has 7 heteroatoms. The van der Waals surface area contributed by atoms with E-state index in [0.29, 0.717) is 6.42 Å². The Hall–Kier alpha value is -1.76. The summed E-state index contributed by atoms with van der Waals surface area (Å²) in [6.07, 6.45) is 1.38. The number of Topliss-reactive ketones (excluding diaryl/α,β-unsaturated/α-hetero) is 2. The Balaban J connectivity index is 4.43. The van der Waals surface area contributed by atoms with Gasteiger partial charge in [0.15, 0.2) is 0 Å². The Morgan fingerprint density at radius 2 is 1.29 bits per heavy atom. The number of likely N-dealkylation sites (N-methyl/N-ethyl adjacent to an activating group) is 1. The summed E-state index contributed by atoms with van der Waals surface area (Å²) in [6, 6.07) is 0. The van der Waals surface area contributed by atoms with Crippen molar-refractivity contribution in [3.05, 3.63) is 0 Å². The second-order valence-electron chi connectivity index (χ2n) is 4.82. The van der Waals surface area contributed by atoms with E-state index in [1.54, 1.807) is 0 Å². The highest BCUT2D eigenvalue weighted by Gasteiger charge is 2.17. The molecule has 0 unspecified atom stereocenters. The minimum Gasteiger partial charge on any atom is -0.359 e. The van der Waals surface area contributed by atoms with Gasteiger partial charge in [-0.2, -0.15) is 0 Å². The minimum absolute atomic E-state index is 0.000130. The molecule has 0 aliphatic carbocycles. The summed E-state index contributed by atoms with van der Waals surface area (Å²) in [6.45, 7) is 1.97. The standard InChI is InChI=1S/C14H25N3O4/c1-4-5-11(18)8-17(10-14(21)16-3)9-12(19)6-7-13(20)15-2/h4-10H2,1-3H3,(H,15,20)(H,16,21). The van der Waals surface area contributed by atoms with E-state index >= 15 is 0 Å². The second kappa shape index (κ2) is 11.0. The lowest BCUT2D eigenvalue weighted by atomic mass is 10.1. The highest BCUT2D eigenvalue weighted by Crippen LogP contribution is 1.99. The number of rotatable bonds is 11. The summed E-state index contributed by atoms with van der Waals surface area (Å²) >= 11 is 0. The molecule has 0 saturated heterocycles. The molecule has 0 heterocycles. The van der Waals surface area contributed by atoms with Gasteiger partial charge in [0.05, 0.1) is 19.6 Å². The Labute approximate surface area is 125 Å². The first-order chi connectivity index (χ1) is 9.92. The summed E-state index contributed by atoms with van der Waals surface area (Å²) in [5.74, 6) is -0.617. The molecule has 0 aliphatic heterocycles. The van der Waals surface area contributed by atoms with Gasteiger partial charge in [-0.15, -0.1) is 0 Å². The quantitative estimate of drug-likeness (QED) is 0.536. The fourth-order valence-corrected chi connectivity index (χ4v) is 1.76.